The Kier molecular flexibility index (Phi) is 4.81. The number of benzene rings is 2. The summed E-state index contributed by atoms with van der Waals surface area (Å²) >= 11 is 0. The summed E-state index contributed by atoms with van der Waals surface area (Å²) in [6.45, 7) is 0.259. The standard InChI is InChI=1S/C19H20FNO3/c1-24-18-8-3-2-5-14(18)10-19(23)21-12-16(22)11-17(21)13-6-4-7-15(20)9-13/h2-9,16-17,22H,10-12H2,1H3/t16-,17+/m0/s1. The van der Waals surface area contributed by atoms with Gasteiger partial charge < -0.3 is 14.7 Å². The van der Waals surface area contributed by atoms with Crippen LogP contribution < -0.4 is 4.74 Å². The van der Waals surface area contributed by atoms with Gasteiger partial charge in [0.1, 0.15) is 11.6 Å². The van der Waals surface area contributed by atoms with Crippen molar-refractivity contribution in [3.8, 4) is 5.75 Å². The molecule has 1 saturated heterocycles. The molecule has 0 aromatic heterocycles. The van der Waals surface area contributed by atoms with Crippen LogP contribution >= 0.6 is 0 Å². The van der Waals surface area contributed by atoms with Gasteiger partial charge in [0.25, 0.3) is 0 Å². The molecule has 2 atom stereocenters. The van der Waals surface area contributed by atoms with E-state index in [1.54, 1.807) is 24.1 Å². The van der Waals surface area contributed by atoms with Gasteiger partial charge in [0.05, 0.1) is 25.7 Å². The summed E-state index contributed by atoms with van der Waals surface area (Å²) in [5.41, 5.74) is 1.50. The number of carbonyl (C=O) groups is 1. The highest BCUT2D eigenvalue weighted by Crippen LogP contribution is 2.33. The maximum Gasteiger partial charge on any atom is 0.227 e. The summed E-state index contributed by atoms with van der Waals surface area (Å²) in [5.74, 6) is 0.212. The average Bonchev–Trinajstić information content (AvgIpc) is 2.97. The molecule has 1 aliphatic rings. The number of aliphatic hydroxyl groups is 1. The third-order valence-electron chi connectivity index (χ3n) is 4.37. The van der Waals surface area contributed by atoms with Crippen LogP contribution in [0, 0.1) is 5.82 Å². The Morgan fingerprint density at radius 3 is 2.83 bits per heavy atom. The van der Waals surface area contributed by atoms with Crippen LogP contribution in [0.15, 0.2) is 48.5 Å². The molecule has 2 aromatic carbocycles. The summed E-state index contributed by atoms with van der Waals surface area (Å²) in [7, 11) is 1.57. The van der Waals surface area contributed by atoms with Crippen LogP contribution in [0.25, 0.3) is 0 Å². The molecular formula is C19H20FNO3. The van der Waals surface area contributed by atoms with E-state index >= 15 is 0 Å². The van der Waals surface area contributed by atoms with Gasteiger partial charge in [-0.2, -0.15) is 0 Å². The van der Waals surface area contributed by atoms with Gasteiger partial charge in [0.2, 0.25) is 5.91 Å². The van der Waals surface area contributed by atoms with Crippen molar-refractivity contribution < 1.29 is 19.0 Å². The molecule has 24 heavy (non-hydrogen) atoms. The third kappa shape index (κ3) is 3.41. The highest BCUT2D eigenvalue weighted by molar-refractivity contribution is 5.80. The Labute approximate surface area is 140 Å². The summed E-state index contributed by atoms with van der Waals surface area (Å²) in [5, 5.41) is 10.0. The number of nitrogens with zero attached hydrogens (tertiary/aromatic N) is 1. The van der Waals surface area contributed by atoms with Gasteiger partial charge >= 0.3 is 0 Å². The van der Waals surface area contributed by atoms with E-state index in [0.29, 0.717) is 17.7 Å². The lowest BCUT2D eigenvalue weighted by atomic mass is 10.0. The summed E-state index contributed by atoms with van der Waals surface area (Å²) in [6.07, 6.45) is 0.00353. The van der Waals surface area contributed by atoms with Crippen molar-refractivity contribution in [3.63, 3.8) is 0 Å². The number of carbonyl (C=O) groups excluding carboxylic acids is 1. The zero-order valence-electron chi connectivity index (χ0n) is 13.5. The molecular weight excluding hydrogens is 309 g/mol. The fourth-order valence-corrected chi connectivity index (χ4v) is 3.23. The lowest BCUT2D eigenvalue weighted by Gasteiger charge is -2.25. The van der Waals surface area contributed by atoms with Crippen molar-refractivity contribution in [3.05, 3.63) is 65.5 Å². The van der Waals surface area contributed by atoms with Crippen LogP contribution in [-0.2, 0) is 11.2 Å². The molecule has 126 valence electrons. The van der Waals surface area contributed by atoms with Crippen LogP contribution in [0.3, 0.4) is 0 Å². The van der Waals surface area contributed by atoms with Gasteiger partial charge in [-0.05, 0) is 30.2 Å². The van der Waals surface area contributed by atoms with Gasteiger partial charge in [0, 0.05) is 12.1 Å². The SMILES string of the molecule is COc1ccccc1CC(=O)N1C[C@@H](O)C[C@@H]1c1cccc(F)c1. The quantitative estimate of drug-likeness (QED) is 0.938. The number of halogens is 1. The second-order valence-electron chi connectivity index (χ2n) is 6.00. The van der Waals surface area contributed by atoms with E-state index in [4.69, 9.17) is 4.74 Å². The second-order valence-corrected chi connectivity index (χ2v) is 6.00. The monoisotopic (exact) mass is 329 g/mol. The Bertz CT molecular complexity index is 734. The minimum absolute atomic E-state index is 0.106. The zero-order valence-corrected chi connectivity index (χ0v) is 13.5. The predicted octanol–water partition coefficient (Wildman–Crippen LogP) is 2.71. The van der Waals surface area contributed by atoms with Crippen LogP contribution in [0.2, 0.25) is 0 Å². The first kappa shape index (κ1) is 16.5. The number of para-hydroxylation sites is 1. The van der Waals surface area contributed by atoms with E-state index in [1.807, 2.05) is 24.3 Å². The number of hydrogen-bond donors (Lipinski definition) is 1. The first-order valence-corrected chi connectivity index (χ1v) is 7.93. The third-order valence-corrected chi connectivity index (χ3v) is 4.37. The molecule has 1 fully saturated rings. The molecule has 3 rings (SSSR count). The van der Waals surface area contributed by atoms with Crippen LogP contribution in [0.1, 0.15) is 23.6 Å². The van der Waals surface area contributed by atoms with E-state index < -0.39 is 6.10 Å². The van der Waals surface area contributed by atoms with E-state index in [9.17, 15) is 14.3 Å². The maximum atomic E-state index is 13.5. The molecule has 0 spiro atoms. The molecule has 0 bridgehead atoms. The minimum Gasteiger partial charge on any atom is -0.496 e. The first-order valence-electron chi connectivity index (χ1n) is 7.93. The predicted molar refractivity (Wildman–Crippen MR) is 88.2 cm³/mol. The van der Waals surface area contributed by atoms with Crippen molar-refractivity contribution in [1.82, 2.24) is 4.90 Å². The average molecular weight is 329 g/mol. The van der Waals surface area contributed by atoms with E-state index in [1.165, 1.54) is 12.1 Å². The molecule has 1 heterocycles. The molecule has 1 N–H and O–H groups in total. The number of rotatable bonds is 4. The number of amides is 1. The minimum atomic E-state index is -0.597. The topological polar surface area (TPSA) is 49.8 Å². The van der Waals surface area contributed by atoms with Crippen molar-refractivity contribution in [1.29, 1.82) is 0 Å². The molecule has 1 amide bonds. The Morgan fingerprint density at radius 2 is 2.08 bits per heavy atom. The summed E-state index contributed by atoms with van der Waals surface area (Å²) in [4.78, 5) is 14.4. The lowest BCUT2D eigenvalue weighted by molar-refractivity contribution is -0.131. The maximum absolute atomic E-state index is 13.5. The van der Waals surface area contributed by atoms with Crippen molar-refractivity contribution in [2.75, 3.05) is 13.7 Å². The number of likely N-dealkylation sites (tertiary alicyclic amines) is 1. The highest BCUT2D eigenvalue weighted by atomic mass is 19.1. The molecule has 4 nitrogen and oxygen atoms in total. The van der Waals surface area contributed by atoms with Gasteiger partial charge in [-0.1, -0.05) is 30.3 Å². The molecule has 2 aromatic rings. The summed E-state index contributed by atoms with van der Waals surface area (Å²) in [6, 6.07) is 13.3. The largest absolute Gasteiger partial charge is 0.496 e. The van der Waals surface area contributed by atoms with Crippen molar-refractivity contribution in [2.24, 2.45) is 0 Å². The number of hydrogen-bond acceptors (Lipinski definition) is 3. The second kappa shape index (κ2) is 7.01. The van der Waals surface area contributed by atoms with Gasteiger partial charge in [-0.15, -0.1) is 0 Å². The van der Waals surface area contributed by atoms with Crippen molar-refractivity contribution in [2.45, 2.75) is 25.0 Å². The van der Waals surface area contributed by atoms with Crippen LogP contribution in [0.4, 0.5) is 4.39 Å². The fraction of sp³-hybridized carbons (Fsp3) is 0.316. The van der Waals surface area contributed by atoms with Crippen LogP contribution in [-0.4, -0.2) is 35.7 Å². The molecule has 1 aliphatic heterocycles. The van der Waals surface area contributed by atoms with Gasteiger partial charge in [0.15, 0.2) is 0 Å². The molecule has 0 radical (unpaired) electrons. The lowest BCUT2D eigenvalue weighted by Crippen LogP contribution is -2.33. The highest BCUT2D eigenvalue weighted by Gasteiger charge is 2.35. The smallest absolute Gasteiger partial charge is 0.227 e. The van der Waals surface area contributed by atoms with Crippen molar-refractivity contribution >= 4 is 5.91 Å². The number of aliphatic hydroxyl groups excluding tert-OH is 1. The summed E-state index contributed by atoms with van der Waals surface area (Å²) < 4.78 is 18.8. The Balaban J connectivity index is 1.82. The number of β-amino-alcohol motifs (C(OH)–C–C–N with tert-alkyl or cyclic N) is 1. The Morgan fingerprint density at radius 1 is 1.29 bits per heavy atom. The molecule has 0 unspecified atom stereocenters. The normalized spacial score (nSPS) is 20.2. The first-order chi connectivity index (χ1) is 11.6. The van der Waals surface area contributed by atoms with E-state index in [-0.39, 0.29) is 30.7 Å². The van der Waals surface area contributed by atoms with Crippen LogP contribution in [0.5, 0.6) is 5.75 Å². The van der Waals surface area contributed by atoms with Gasteiger partial charge in [-0.25, -0.2) is 4.39 Å². The number of methoxy groups -OCH3 is 1. The molecule has 5 heteroatoms. The fourth-order valence-electron chi connectivity index (χ4n) is 3.23. The van der Waals surface area contributed by atoms with Gasteiger partial charge in [-0.3, -0.25) is 4.79 Å². The molecule has 0 saturated carbocycles. The zero-order chi connectivity index (χ0) is 17.1. The van der Waals surface area contributed by atoms with E-state index in [2.05, 4.69) is 0 Å². The number of ether oxygens (including phenoxy) is 1. The molecule has 0 aliphatic carbocycles. The van der Waals surface area contributed by atoms with E-state index in [0.717, 1.165) is 5.56 Å². The Hall–Kier alpha value is -2.40.